The van der Waals surface area contributed by atoms with Gasteiger partial charge in [-0.25, -0.2) is 0 Å². The van der Waals surface area contributed by atoms with Gasteiger partial charge >= 0.3 is 5.37 Å². The fourth-order valence-corrected chi connectivity index (χ4v) is 1.17. The lowest BCUT2D eigenvalue weighted by atomic mass is 10.5. The van der Waals surface area contributed by atoms with Crippen LogP contribution in [0.3, 0.4) is 0 Å². The van der Waals surface area contributed by atoms with Crippen LogP contribution in [0.25, 0.3) is 0 Å². The van der Waals surface area contributed by atoms with E-state index in [9.17, 15) is 4.79 Å². The highest BCUT2D eigenvalue weighted by Crippen LogP contribution is 2.27. The number of hydrogen-bond donors (Lipinski definition) is 0. The number of amides is 1. The standard InChI is InChI=1S/C6H10ClNO/c1-2-8(6(7)9)5-3-4-5/h5H,2-4H2,1H3. The zero-order valence-corrected chi connectivity index (χ0v) is 6.19. The molecule has 0 aromatic rings. The molecule has 0 bridgehead atoms. The van der Waals surface area contributed by atoms with Crippen LogP contribution in [-0.4, -0.2) is 22.9 Å². The normalized spacial score (nSPS) is 17.6. The Morgan fingerprint density at radius 1 is 1.78 bits per heavy atom. The molecule has 1 saturated carbocycles. The smallest absolute Gasteiger partial charge is 0.316 e. The summed E-state index contributed by atoms with van der Waals surface area (Å²) in [5, 5.41) is -0.306. The Morgan fingerprint density at radius 2 is 2.33 bits per heavy atom. The topological polar surface area (TPSA) is 20.3 Å². The molecule has 9 heavy (non-hydrogen) atoms. The summed E-state index contributed by atoms with van der Waals surface area (Å²) in [6.45, 7) is 2.69. The molecule has 0 atom stereocenters. The van der Waals surface area contributed by atoms with E-state index in [1.807, 2.05) is 6.92 Å². The summed E-state index contributed by atoms with van der Waals surface area (Å²) in [4.78, 5) is 12.2. The van der Waals surface area contributed by atoms with Crippen molar-refractivity contribution in [3.63, 3.8) is 0 Å². The summed E-state index contributed by atoms with van der Waals surface area (Å²) in [5.41, 5.74) is 0. The lowest BCUT2D eigenvalue weighted by Crippen LogP contribution is -2.27. The Hall–Kier alpha value is -0.240. The average molecular weight is 148 g/mol. The van der Waals surface area contributed by atoms with Gasteiger partial charge in [-0.1, -0.05) is 0 Å². The molecule has 0 heterocycles. The molecule has 1 aliphatic rings. The van der Waals surface area contributed by atoms with E-state index in [-0.39, 0.29) is 5.37 Å². The van der Waals surface area contributed by atoms with Crippen LogP contribution in [0.1, 0.15) is 19.8 Å². The Morgan fingerprint density at radius 3 is 2.44 bits per heavy atom. The second kappa shape index (κ2) is 2.56. The van der Waals surface area contributed by atoms with Gasteiger partial charge in [-0.3, -0.25) is 4.79 Å². The van der Waals surface area contributed by atoms with Crippen LogP contribution in [-0.2, 0) is 0 Å². The highest BCUT2D eigenvalue weighted by Gasteiger charge is 2.30. The molecule has 1 fully saturated rings. The molecule has 0 aliphatic heterocycles. The van der Waals surface area contributed by atoms with Crippen molar-refractivity contribution in [3.8, 4) is 0 Å². The lowest BCUT2D eigenvalue weighted by molar-refractivity contribution is 0.222. The molecule has 0 saturated heterocycles. The molecule has 0 unspecified atom stereocenters. The number of nitrogens with zero attached hydrogens (tertiary/aromatic N) is 1. The van der Waals surface area contributed by atoms with Crippen molar-refractivity contribution >= 4 is 17.0 Å². The van der Waals surface area contributed by atoms with E-state index in [2.05, 4.69) is 0 Å². The molecule has 52 valence electrons. The van der Waals surface area contributed by atoms with E-state index in [4.69, 9.17) is 11.6 Å². The van der Waals surface area contributed by atoms with Gasteiger partial charge < -0.3 is 4.90 Å². The Kier molecular flexibility index (Phi) is 1.96. The van der Waals surface area contributed by atoms with Gasteiger partial charge in [0.2, 0.25) is 0 Å². The van der Waals surface area contributed by atoms with Gasteiger partial charge in [0.25, 0.3) is 0 Å². The van der Waals surface area contributed by atoms with Crippen LogP contribution in [0.15, 0.2) is 0 Å². The van der Waals surface area contributed by atoms with E-state index < -0.39 is 0 Å². The largest absolute Gasteiger partial charge is 0.327 e. The molecule has 0 aromatic heterocycles. The molecule has 2 nitrogen and oxygen atoms in total. The first kappa shape index (κ1) is 6.87. The first-order valence-corrected chi connectivity index (χ1v) is 3.59. The quantitative estimate of drug-likeness (QED) is 0.431. The molecule has 1 aliphatic carbocycles. The van der Waals surface area contributed by atoms with Crippen molar-refractivity contribution in [2.75, 3.05) is 6.54 Å². The van der Waals surface area contributed by atoms with Gasteiger partial charge in [-0.05, 0) is 31.4 Å². The zero-order chi connectivity index (χ0) is 6.85. The summed E-state index contributed by atoms with van der Waals surface area (Å²) in [6, 6.07) is 0.458. The number of hydrogen-bond acceptors (Lipinski definition) is 1. The van der Waals surface area contributed by atoms with Gasteiger partial charge in [-0.15, -0.1) is 0 Å². The van der Waals surface area contributed by atoms with Crippen molar-refractivity contribution in [1.29, 1.82) is 0 Å². The predicted molar refractivity (Wildman–Crippen MR) is 36.7 cm³/mol. The number of carbonyl (C=O) groups is 1. The average Bonchev–Trinajstić information content (AvgIpc) is 2.50. The van der Waals surface area contributed by atoms with Crippen molar-refractivity contribution in [1.82, 2.24) is 4.90 Å². The SMILES string of the molecule is CCN(C(=O)Cl)C1CC1. The maximum Gasteiger partial charge on any atom is 0.316 e. The summed E-state index contributed by atoms with van der Waals surface area (Å²) in [5.74, 6) is 0. The van der Waals surface area contributed by atoms with Crippen molar-refractivity contribution in [2.45, 2.75) is 25.8 Å². The van der Waals surface area contributed by atoms with Gasteiger partial charge in [0.05, 0.1) is 0 Å². The Bertz CT molecular complexity index is 122. The summed E-state index contributed by atoms with van der Waals surface area (Å²) < 4.78 is 0. The Labute approximate surface area is 59.8 Å². The first-order valence-electron chi connectivity index (χ1n) is 3.21. The maximum absolute atomic E-state index is 10.5. The van der Waals surface area contributed by atoms with E-state index in [0.717, 1.165) is 19.4 Å². The molecule has 0 spiro atoms. The van der Waals surface area contributed by atoms with E-state index in [1.54, 1.807) is 4.90 Å². The van der Waals surface area contributed by atoms with Crippen LogP contribution in [0, 0.1) is 0 Å². The highest BCUT2D eigenvalue weighted by atomic mass is 35.5. The highest BCUT2D eigenvalue weighted by molar-refractivity contribution is 6.62. The lowest BCUT2D eigenvalue weighted by Gasteiger charge is -2.15. The molecular formula is C6H10ClNO. The van der Waals surface area contributed by atoms with Gasteiger partial charge in [0, 0.05) is 12.6 Å². The number of rotatable bonds is 2. The maximum atomic E-state index is 10.5. The fraction of sp³-hybridized carbons (Fsp3) is 0.833. The molecular weight excluding hydrogens is 138 g/mol. The third-order valence-corrected chi connectivity index (χ3v) is 1.77. The molecule has 3 heteroatoms. The number of halogens is 1. The summed E-state index contributed by atoms with van der Waals surface area (Å²) in [7, 11) is 0. The third kappa shape index (κ3) is 1.58. The minimum absolute atomic E-state index is 0.306. The van der Waals surface area contributed by atoms with E-state index in [1.165, 1.54) is 0 Å². The van der Waals surface area contributed by atoms with Crippen LogP contribution >= 0.6 is 11.6 Å². The summed E-state index contributed by atoms with van der Waals surface area (Å²) >= 11 is 5.27. The molecule has 0 radical (unpaired) electrons. The number of carbonyl (C=O) groups excluding carboxylic acids is 1. The van der Waals surface area contributed by atoms with Gasteiger partial charge in [-0.2, -0.15) is 0 Å². The van der Waals surface area contributed by atoms with Gasteiger partial charge in [0.15, 0.2) is 0 Å². The molecule has 1 rings (SSSR count). The van der Waals surface area contributed by atoms with Crippen LogP contribution in [0.5, 0.6) is 0 Å². The first-order chi connectivity index (χ1) is 4.25. The monoisotopic (exact) mass is 147 g/mol. The predicted octanol–water partition coefficient (Wildman–Crippen LogP) is 1.83. The molecule has 0 N–H and O–H groups in total. The van der Waals surface area contributed by atoms with Crippen molar-refractivity contribution < 1.29 is 4.79 Å². The van der Waals surface area contributed by atoms with E-state index in [0.29, 0.717) is 6.04 Å². The zero-order valence-electron chi connectivity index (χ0n) is 5.43. The van der Waals surface area contributed by atoms with Crippen molar-refractivity contribution in [2.24, 2.45) is 0 Å². The van der Waals surface area contributed by atoms with E-state index >= 15 is 0 Å². The fourth-order valence-electron chi connectivity index (χ4n) is 0.912. The summed E-state index contributed by atoms with van der Waals surface area (Å²) in [6.07, 6.45) is 2.26. The third-order valence-electron chi connectivity index (χ3n) is 1.55. The van der Waals surface area contributed by atoms with Crippen LogP contribution in [0.2, 0.25) is 0 Å². The minimum Gasteiger partial charge on any atom is -0.327 e. The minimum atomic E-state index is -0.306. The molecule has 1 amide bonds. The van der Waals surface area contributed by atoms with Crippen LogP contribution < -0.4 is 0 Å². The molecule has 0 aromatic carbocycles. The van der Waals surface area contributed by atoms with Gasteiger partial charge in [0.1, 0.15) is 0 Å². The van der Waals surface area contributed by atoms with Crippen molar-refractivity contribution in [3.05, 3.63) is 0 Å². The second-order valence-corrected chi connectivity index (χ2v) is 2.59. The van der Waals surface area contributed by atoms with Crippen LogP contribution in [0.4, 0.5) is 4.79 Å². The second-order valence-electron chi connectivity index (χ2n) is 2.27. The Balaban J connectivity index is 2.37.